The van der Waals surface area contributed by atoms with E-state index in [2.05, 4.69) is 4.98 Å². The van der Waals surface area contributed by atoms with Crippen LogP contribution in [0.5, 0.6) is 5.88 Å². The van der Waals surface area contributed by atoms with Gasteiger partial charge >= 0.3 is 12.1 Å². The first-order valence-electron chi connectivity index (χ1n) is 10.4. The Bertz CT molecular complexity index is 978. The van der Waals surface area contributed by atoms with Crippen molar-refractivity contribution in [2.45, 2.75) is 51.0 Å². The molecule has 0 radical (unpaired) electrons. The molecule has 11 heteroatoms. The smallest absolute Gasteiger partial charge is 0.475 e. The van der Waals surface area contributed by atoms with Crippen molar-refractivity contribution in [3.8, 4) is 5.88 Å². The molecule has 2 aromatic heterocycles. The lowest BCUT2D eigenvalue weighted by Gasteiger charge is -2.39. The molecule has 2 atom stereocenters. The number of ether oxygens (including phenoxy) is 2. The lowest BCUT2D eigenvalue weighted by atomic mass is 9.89. The molecule has 2 aromatic rings. The molecule has 1 spiro atoms. The van der Waals surface area contributed by atoms with Crippen LogP contribution in [0.25, 0.3) is 0 Å². The van der Waals surface area contributed by atoms with Crippen molar-refractivity contribution < 1.29 is 41.8 Å². The minimum absolute atomic E-state index is 0.0242. The first-order valence-corrected chi connectivity index (χ1v) is 10.4. The molecule has 33 heavy (non-hydrogen) atoms. The van der Waals surface area contributed by atoms with Crippen LogP contribution in [-0.2, 0) is 9.53 Å². The maximum atomic E-state index is 12.9. The van der Waals surface area contributed by atoms with Crippen LogP contribution in [0.2, 0.25) is 0 Å². The number of carboxylic acids is 1. The van der Waals surface area contributed by atoms with E-state index in [1.165, 1.54) is 0 Å². The van der Waals surface area contributed by atoms with E-state index in [1.54, 1.807) is 6.20 Å². The van der Waals surface area contributed by atoms with Gasteiger partial charge in [0.1, 0.15) is 17.6 Å². The number of carbonyl (C=O) groups is 2. The predicted molar refractivity (Wildman–Crippen MR) is 109 cm³/mol. The second-order valence-corrected chi connectivity index (χ2v) is 8.07. The molecule has 2 aliphatic heterocycles. The SMILES string of the molecule is Cc1cc(C(=O)N2CCC[C@]3(C[C@H](Oc4ccccn4)CO3)C2)c(C)o1.O=C(O)C(F)(F)F. The molecule has 4 rings (SSSR count). The summed E-state index contributed by atoms with van der Waals surface area (Å²) in [5.41, 5.74) is 0.332. The Balaban J connectivity index is 0.000000383. The largest absolute Gasteiger partial charge is 0.490 e. The number of aryl methyl sites for hydroxylation is 2. The number of hydrogen-bond acceptors (Lipinski definition) is 6. The van der Waals surface area contributed by atoms with Gasteiger partial charge in [-0.2, -0.15) is 13.2 Å². The number of furan rings is 1. The Morgan fingerprint density at radius 2 is 2.03 bits per heavy atom. The number of carbonyl (C=O) groups excluding carboxylic acids is 1. The number of likely N-dealkylation sites (tertiary alicyclic amines) is 1. The number of alkyl halides is 3. The van der Waals surface area contributed by atoms with Gasteiger partial charge in [0, 0.05) is 25.2 Å². The first kappa shape index (κ1) is 24.6. The molecular weight excluding hydrogens is 445 g/mol. The molecule has 0 aromatic carbocycles. The maximum absolute atomic E-state index is 12.9. The van der Waals surface area contributed by atoms with Crippen LogP contribution in [-0.4, -0.2) is 64.4 Å². The van der Waals surface area contributed by atoms with Crippen LogP contribution < -0.4 is 4.74 Å². The topological polar surface area (TPSA) is 102 Å². The molecule has 2 saturated heterocycles. The van der Waals surface area contributed by atoms with E-state index in [0.29, 0.717) is 30.4 Å². The van der Waals surface area contributed by atoms with Crippen molar-refractivity contribution >= 4 is 11.9 Å². The number of pyridine rings is 1. The number of halogens is 3. The van der Waals surface area contributed by atoms with Gasteiger partial charge in [0.25, 0.3) is 5.91 Å². The fraction of sp³-hybridized carbons (Fsp3) is 0.500. The van der Waals surface area contributed by atoms with E-state index in [4.69, 9.17) is 23.8 Å². The van der Waals surface area contributed by atoms with Crippen molar-refractivity contribution in [1.29, 1.82) is 0 Å². The number of nitrogens with zero attached hydrogens (tertiary/aromatic N) is 2. The summed E-state index contributed by atoms with van der Waals surface area (Å²) < 4.78 is 49.4. The zero-order valence-corrected chi connectivity index (χ0v) is 18.2. The van der Waals surface area contributed by atoms with E-state index in [9.17, 15) is 18.0 Å². The number of aliphatic carboxylic acids is 1. The molecular formula is C22H25F3N2O6. The molecule has 8 nitrogen and oxygen atoms in total. The monoisotopic (exact) mass is 470 g/mol. The van der Waals surface area contributed by atoms with Crippen molar-refractivity contribution in [3.05, 3.63) is 47.5 Å². The predicted octanol–water partition coefficient (Wildman–Crippen LogP) is 3.77. The van der Waals surface area contributed by atoms with Crippen molar-refractivity contribution in [2.75, 3.05) is 19.7 Å². The summed E-state index contributed by atoms with van der Waals surface area (Å²) >= 11 is 0. The molecule has 0 saturated carbocycles. The third-order valence-corrected chi connectivity index (χ3v) is 5.44. The minimum atomic E-state index is -5.08. The van der Waals surface area contributed by atoms with Gasteiger partial charge < -0.3 is 23.9 Å². The quantitative estimate of drug-likeness (QED) is 0.729. The molecule has 2 fully saturated rings. The van der Waals surface area contributed by atoms with Gasteiger partial charge in [0.05, 0.1) is 24.3 Å². The van der Waals surface area contributed by atoms with Gasteiger partial charge in [-0.1, -0.05) is 6.07 Å². The van der Waals surface area contributed by atoms with Crippen LogP contribution in [0, 0.1) is 13.8 Å². The van der Waals surface area contributed by atoms with E-state index in [0.717, 1.165) is 31.6 Å². The molecule has 1 amide bonds. The van der Waals surface area contributed by atoms with Crippen LogP contribution in [0.1, 0.15) is 41.1 Å². The number of hydrogen-bond donors (Lipinski definition) is 1. The Morgan fingerprint density at radius 3 is 2.61 bits per heavy atom. The Hall–Kier alpha value is -3.08. The number of aromatic nitrogens is 1. The lowest BCUT2D eigenvalue weighted by molar-refractivity contribution is -0.192. The second kappa shape index (κ2) is 9.82. The van der Waals surface area contributed by atoms with Crippen LogP contribution in [0.15, 0.2) is 34.9 Å². The number of amides is 1. The highest BCUT2D eigenvalue weighted by Gasteiger charge is 2.46. The minimum Gasteiger partial charge on any atom is -0.475 e. The van der Waals surface area contributed by atoms with Gasteiger partial charge in [-0.05, 0) is 38.8 Å². The summed E-state index contributed by atoms with van der Waals surface area (Å²) in [5.74, 6) is -0.677. The third-order valence-electron chi connectivity index (χ3n) is 5.44. The van der Waals surface area contributed by atoms with Crippen LogP contribution in [0.4, 0.5) is 13.2 Å². The molecule has 0 unspecified atom stereocenters. The van der Waals surface area contributed by atoms with Gasteiger partial charge in [0.15, 0.2) is 0 Å². The molecule has 0 bridgehead atoms. The first-order chi connectivity index (χ1) is 15.5. The normalized spacial score (nSPS) is 22.6. The summed E-state index contributed by atoms with van der Waals surface area (Å²) in [6, 6.07) is 7.45. The van der Waals surface area contributed by atoms with Gasteiger partial charge in [-0.15, -0.1) is 0 Å². The Kier molecular flexibility index (Phi) is 7.31. The second-order valence-electron chi connectivity index (χ2n) is 8.07. The van der Waals surface area contributed by atoms with E-state index in [1.807, 2.05) is 43.0 Å². The highest BCUT2D eigenvalue weighted by Crippen LogP contribution is 2.36. The van der Waals surface area contributed by atoms with Gasteiger partial charge in [-0.3, -0.25) is 4.79 Å². The number of piperidine rings is 1. The van der Waals surface area contributed by atoms with Gasteiger partial charge in [-0.25, -0.2) is 9.78 Å². The summed E-state index contributed by atoms with van der Waals surface area (Å²) in [5, 5.41) is 7.12. The third kappa shape index (κ3) is 6.25. The zero-order valence-electron chi connectivity index (χ0n) is 18.2. The molecule has 1 N–H and O–H groups in total. The summed E-state index contributed by atoms with van der Waals surface area (Å²) in [6.07, 6.45) is -0.744. The highest BCUT2D eigenvalue weighted by atomic mass is 19.4. The average molecular weight is 470 g/mol. The Labute approximate surface area is 188 Å². The van der Waals surface area contributed by atoms with Crippen molar-refractivity contribution in [3.63, 3.8) is 0 Å². The lowest BCUT2D eigenvalue weighted by Crippen LogP contribution is -2.50. The van der Waals surface area contributed by atoms with Crippen LogP contribution in [0.3, 0.4) is 0 Å². The van der Waals surface area contributed by atoms with Crippen molar-refractivity contribution in [1.82, 2.24) is 9.88 Å². The molecule has 180 valence electrons. The Morgan fingerprint density at radius 1 is 1.30 bits per heavy atom. The molecule has 4 heterocycles. The fourth-order valence-electron chi connectivity index (χ4n) is 4.04. The molecule has 0 aliphatic carbocycles. The number of rotatable bonds is 3. The summed E-state index contributed by atoms with van der Waals surface area (Å²) in [4.78, 5) is 27.9. The molecule has 2 aliphatic rings. The fourth-order valence-corrected chi connectivity index (χ4v) is 4.04. The van der Waals surface area contributed by atoms with E-state index in [-0.39, 0.29) is 17.6 Å². The van der Waals surface area contributed by atoms with E-state index >= 15 is 0 Å². The highest BCUT2D eigenvalue weighted by molar-refractivity contribution is 5.95. The standard InChI is InChI=1S/C20H24N2O4.C2HF3O2/c1-14-10-17(15(2)25-14)19(23)22-9-5-7-20(13-22)11-16(12-24-20)26-18-6-3-4-8-21-18;3-2(4,5)1(6)7/h3-4,6,8,10,16H,5,7,9,11-13H2,1-2H3;(H,6,7)/t16-,20-;/m0./s1. The van der Waals surface area contributed by atoms with E-state index < -0.39 is 12.1 Å². The van der Waals surface area contributed by atoms with Crippen molar-refractivity contribution in [2.24, 2.45) is 0 Å². The van der Waals surface area contributed by atoms with Gasteiger partial charge in [0.2, 0.25) is 5.88 Å². The van der Waals surface area contributed by atoms with Crippen LogP contribution >= 0.6 is 0 Å². The zero-order chi connectivity index (χ0) is 24.2. The number of carboxylic acid groups (broad SMARTS) is 1. The maximum Gasteiger partial charge on any atom is 0.490 e. The average Bonchev–Trinajstić information content (AvgIpc) is 3.29. The summed E-state index contributed by atoms with van der Waals surface area (Å²) in [7, 11) is 0. The summed E-state index contributed by atoms with van der Waals surface area (Å²) in [6.45, 7) is 5.57.